The van der Waals surface area contributed by atoms with Crippen molar-refractivity contribution in [3.05, 3.63) is 48.7 Å². The van der Waals surface area contributed by atoms with Crippen molar-refractivity contribution in [3.63, 3.8) is 0 Å². The van der Waals surface area contributed by atoms with Crippen LogP contribution in [0.4, 0.5) is 11.6 Å². The Balaban J connectivity index is 1.13. The molecule has 15 heteroatoms. The highest BCUT2D eigenvalue weighted by molar-refractivity contribution is 5.67. The van der Waals surface area contributed by atoms with E-state index in [9.17, 15) is 5.26 Å². The Kier molecular flexibility index (Phi) is 10.5. The number of anilines is 2. The fourth-order valence-electron chi connectivity index (χ4n) is 6.04. The number of aromatic nitrogens is 8. The van der Waals surface area contributed by atoms with E-state index in [-0.39, 0.29) is 12.1 Å². The minimum Gasteiger partial charge on any atom is -0.487 e. The first kappa shape index (κ1) is 31.8. The summed E-state index contributed by atoms with van der Waals surface area (Å²) in [5, 5.41) is 37.8. The van der Waals surface area contributed by atoms with Crippen LogP contribution in [0, 0.1) is 22.7 Å². The van der Waals surface area contributed by atoms with Crippen molar-refractivity contribution in [1.82, 2.24) is 44.9 Å². The maximum absolute atomic E-state index is 9.64. The molecule has 1 saturated heterocycles. The highest BCUT2D eigenvalue weighted by Gasteiger charge is 2.29. The van der Waals surface area contributed by atoms with Crippen molar-refractivity contribution >= 4 is 11.6 Å². The lowest BCUT2D eigenvalue weighted by atomic mass is 9.90. The molecule has 1 aliphatic heterocycles. The normalized spacial score (nSPS) is 19.0. The van der Waals surface area contributed by atoms with Crippen LogP contribution in [-0.2, 0) is 11.3 Å². The number of hydrogen-bond acceptors (Lipinski definition) is 13. The summed E-state index contributed by atoms with van der Waals surface area (Å²) >= 11 is 0. The molecule has 0 spiro atoms. The van der Waals surface area contributed by atoms with Crippen LogP contribution in [-0.4, -0.2) is 89.9 Å². The van der Waals surface area contributed by atoms with Gasteiger partial charge in [-0.25, -0.2) is 14.6 Å². The van der Waals surface area contributed by atoms with Gasteiger partial charge in [-0.1, -0.05) is 6.07 Å². The number of morpholine rings is 1. The Morgan fingerprint density at radius 3 is 2.57 bits per heavy atom. The summed E-state index contributed by atoms with van der Waals surface area (Å²) in [5.41, 5.74) is 2.67. The molecule has 3 aromatic heterocycles. The summed E-state index contributed by atoms with van der Waals surface area (Å²) in [5.74, 6) is 1.32. The van der Waals surface area contributed by atoms with Crippen LogP contribution in [0.2, 0.25) is 0 Å². The number of rotatable bonds is 13. The molecular weight excluding hydrogens is 600 g/mol. The number of tetrazole rings is 1. The molecule has 2 fully saturated rings. The van der Waals surface area contributed by atoms with Gasteiger partial charge in [0.1, 0.15) is 29.9 Å². The Bertz CT molecular complexity index is 1660. The second-order valence-corrected chi connectivity index (χ2v) is 11.8. The lowest BCUT2D eigenvalue weighted by Crippen LogP contribution is -2.45. The maximum atomic E-state index is 9.64. The predicted molar refractivity (Wildman–Crippen MR) is 170 cm³/mol. The van der Waals surface area contributed by atoms with Gasteiger partial charge in [0.05, 0.1) is 50.2 Å². The largest absolute Gasteiger partial charge is 0.487 e. The Labute approximate surface area is 273 Å². The van der Waals surface area contributed by atoms with Gasteiger partial charge in [-0.3, -0.25) is 9.58 Å². The molecule has 244 valence electrons. The van der Waals surface area contributed by atoms with Gasteiger partial charge >= 0.3 is 0 Å². The number of nitrogens with zero attached hydrogens (tertiary/aromatic N) is 11. The van der Waals surface area contributed by atoms with Gasteiger partial charge in [0.25, 0.3) is 5.88 Å². The molecule has 15 nitrogen and oxygen atoms in total. The summed E-state index contributed by atoms with van der Waals surface area (Å²) in [6, 6.07) is 10.6. The highest BCUT2D eigenvalue weighted by Crippen LogP contribution is 2.35. The number of ether oxygens (including phenoxy) is 3. The van der Waals surface area contributed by atoms with Crippen LogP contribution in [0.5, 0.6) is 11.6 Å². The van der Waals surface area contributed by atoms with Crippen molar-refractivity contribution in [2.24, 2.45) is 0 Å². The van der Waals surface area contributed by atoms with Crippen molar-refractivity contribution in [1.29, 1.82) is 10.5 Å². The smallest absolute Gasteiger partial charge is 0.256 e. The van der Waals surface area contributed by atoms with E-state index in [0.717, 1.165) is 63.1 Å². The standard InChI is InChI=1S/C32H38N12O3/c1-23(20-43-22-37-40-41-43)47-30-16-24(4-5-25(30)17-34)26-18-35-32(36-19-26)38-29-21-44(39-31(29)46-13-3-2-10-33)28-8-6-27(7-9-28)42-11-14-45-15-12-42/h4-5,16,18-19,21-23,27-28H,2-3,6-9,11-15,20H2,1H3,(H,35,36,38)/t23-,27?,28?/m0/s1. The molecule has 4 aromatic rings. The maximum Gasteiger partial charge on any atom is 0.256 e. The molecule has 0 bridgehead atoms. The Morgan fingerprint density at radius 1 is 1.06 bits per heavy atom. The number of nitriles is 2. The van der Waals surface area contributed by atoms with Crippen LogP contribution in [0.1, 0.15) is 57.1 Å². The van der Waals surface area contributed by atoms with E-state index in [4.69, 9.17) is 24.6 Å². The van der Waals surface area contributed by atoms with Crippen LogP contribution in [0.3, 0.4) is 0 Å². The predicted octanol–water partition coefficient (Wildman–Crippen LogP) is 3.91. The monoisotopic (exact) mass is 638 g/mol. The number of nitrogens with one attached hydrogen (secondary N) is 1. The van der Waals surface area contributed by atoms with Crippen LogP contribution < -0.4 is 14.8 Å². The molecule has 1 N–H and O–H groups in total. The van der Waals surface area contributed by atoms with E-state index in [0.29, 0.717) is 60.9 Å². The van der Waals surface area contributed by atoms with Gasteiger partial charge in [0, 0.05) is 43.5 Å². The summed E-state index contributed by atoms with van der Waals surface area (Å²) < 4.78 is 21.2. The molecule has 47 heavy (non-hydrogen) atoms. The Hall–Kier alpha value is -5.12. The topological polar surface area (TPSA) is 178 Å². The molecular formula is C32H38N12O3. The molecule has 1 saturated carbocycles. The molecule has 1 aromatic carbocycles. The zero-order chi connectivity index (χ0) is 32.4. The number of benzene rings is 1. The molecule has 0 amide bonds. The summed E-state index contributed by atoms with van der Waals surface area (Å²) in [4.78, 5) is 11.7. The highest BCUT2D eigenvalue weighted by atomic mass is 16.5. The quantitative estimate of drug-likeness (QED) is 0.209. The van der Waals surface area contributed by atoms with Crippen molar-refractivity contribution in [2.75, 3.05) is 38.2 Å². The lowest BCUT2D eigenvalue weighted by molar-refractivity contribution is 0.00503. The van der Waals surface area contributed by atoms with Gasteiger partial charge in [0.15, 0.2) is 0 Å². The van der Waals surface area contributed by atoms with Crippen LogP contribution >= 0.6 is 0 Å². The average Bonchev–Trinajstić information content (AvgIpc) is 3.77. The molecule has 0 unspecified atom stereocenters. The second-order valence-electron chi connectivity index (χ2n) is 11.8. The van der Waals surface area contributed by atoms with E-state index in [1.807, 2.05) is 29.9 Å². The number of hydrogen-bond donors (Lipinski definition) is 1. The van der Waals surface area contributed by atoms with E-state index in [1.165, 1.54) is 6.33 Å². The SMILES string of the molecule is C[C@@H](Cn1cnnn1)Oc1cc(-c2cnc(Nc3cn(C4CCC(N5CCOCC5)CC4)nc3OCCCC#N)nc2)ccc1C#N. The van der Waals surface area contributed by atoms with E-state index in [2.05, 4.69) is 47.8 Å². The first-order chi connectivity index (χ1) is 23.1. The molecule has 6 rings (SSSR count). The van der Waals surface area contributed by atoms with Gasteiger partial charge < -0.3 is 19.5 Å². The zero-order valence-electron chi connectivity index (χ0n) is 26.4. The van der Waals surface area contributed by atoms with Crippen molar-refractivity contribution < 1.29 is 14.2 Å². The Morgan fingerprint density at radius 2 is 1.85 bits per heavy atom. The zero-order valence-corrected chi connectivity index (χ0v) is 26.4. The van der Waals surface area contributed by atoms with Crippen molar-refractivity contribution in [2.45, 2.75) is 70.2 Å². The van der Waals surface area contributed by atoms with Crippen LogP contribution in [0.15, 0.2) is 43.1 Å². The summed E-state index contributed by atoms with van der Waals surface area (Å²) in [6.07, 6.45) is 12.0. The second kappa shape index (κ2) is 15.4. The third-order valence-corrected chi connectivity index (χ3v) is 8.47. The molecule has 4 heterocycles. The molecule has 1 atom stereocenters. The first-order valence-corrected chi connectivity index (χ1v) is 16.0. The third kappa shape index (κ3) is 8.19. The van der Waals surface area contributed by atoms with E-state index >= 15 is 0 Å². The van der Waals surface area contributed by atoms with Crippen LogP contribution in [0.25, 0.3) is 11.1 Å². The minimum atomic E-state index is -0.277. The molecule has 1 aliphatic carbocycles. The minimum absolute atomic E-state index is 0.274. The van der Waals surface area contributed by atoms with Gasteiger partial charge in [-0.15, -0.1) is 10.2 Å². The fraction of sp³-hybridized carbons (Fsp3) is 0.500. The number of unbranched alkanes of at least 4 members (excludes halogenated alkanes) is 1. The summed E-state index contributed by atoms with van der Waals surface area (Å²) in [7, 11) is 0. The lowest BCUT2D eigenvalue weighted by Gasteiger charge is -2.38. The first-order valence-electron chi connectivity index (χ1n) is 16.0. The summed E-state index contributed by atoms with van der Waals surface area (Å²) in [6.45, 7) is 6.35. The van der Waals surface area contributed by atoms with Crippen molar-refractivity contribution in [3.8, 4) is 34.9 Å². The van der Waals surface area contributed by atoms with E-state index < -0.39 is 0 Å². The average molecular weight is 639 g/mol. The van der Waals surface area contributed by atoms with Gasteiger partial charge in [0.2, 0.25) is 5.95 Å². The van der Waals surface area contributed by atoms with Gasteiger partial charge in [-0.2, -0.15) is 10.5 Å². The molecule has 0 radical (unpaired) electrons. The van der Waals surface area contributed by atoms with E-state index in [1.54, 1.807) is 23.1 Å². The molecule has 2 aliphatic rings. The third-order valence-electron chi connectivity index (χ3n) is 8.47. The van der Waals surface area contributed by atoms with Gasteiger partial charge in [-0.05, 0) is 67.2 Å². The fourth-order valence-corrected chi connectivity index (χ4v) is 6.04.